The van der Waals surface area contributed by atoms with Gasteiger partial charge in [0, 0.05) is 10.8 Å². The Balaban J connectivity index is 1.64. The first-order valence-electron chi connectivity index (χ1n) is 24.0. The lowest BCUT2D eigenvalue weighted by Crippen LogP contribution is -1.93. The van der Waals surface area contributed by atoms with Crippen LogP contribution >= 0.6 is 0 Å². The summed E-state index contributed by atoms with van der Waals surface area (Å²) in [6.45, 7) is 0. The lowest BCUT2D eigenvalue weighted by molar-refractivity contribution is 0.669. The topological polar surface area (TPSA) is 13.1 Å². The molecule has 0 N–H and O–H groups in total. The molecule has 0 amide bonds. The second-order valence-electron chi connectivity index (χ2n) is 9.56. The SMILES string of the molecule is [2H]c1c([2H])c([2H])c(-c2ccccc2-c2c3c([2H])c([2H])c([2H])c([2H])c3c(-c3c([2H])c([2H])c([2H])c4oc5c([2H])c6c([2H])c([2H])c([2H])c([2H])c6c([2H])c5c34)c3c([2H])c([2H])c([2H])c([2H])c23)c([2H])c1[2H]. The highest BCUT2D eigenvalue weighted by Gasteiger charge is 2.21. The van der Waals surface area contributed by atoms with Gasteiger partial charge in [0.25, 0.3) is 0 Å². The zero-order chi connectivity index (χ0) is 47.5. The van der Waals surface area contributed by atoms with Crippen molar-refractivity contribution in [3.63, 3.8) is 0 Å². The molecule has 0 aliphatic heterocycles. The van der Waals surface area contributed by atoms with E-state index in [-0.39, 0.29) is 22.3 Å². The molecule has 0 aliphatic carbocycles. The highest BCUT2D eigenvalue weighted by molar-refractivity contribution is 6.26. The van der Waals surface area contributed by atoms with E-state index in [9.17, 15) is 8.22 Å². The van der Waals surface area contributed by atoms with Crippen LogP contribution in [0.15, 0.2) is 162 Å². The van der Waals surface area contributed by atoms with E-state index < -0.39 is 198 Å². The molecule has 9 aromatic rings. The molecule has 0 spiro atoms. The molecule has 0 fully saturated rings. The zero-order valence-electron chi connectivity index (χ0n) is 43.7. The number of hydrogen-bond acceptors (Lipinski definition) is 1. The summed E-state index contributed by atoms with van der Waals surface area (Å²) in [6.07, 6.45) is 0. The van der Waals surface area contributed by atoms with Gasteiger partial charge in [0.1, 0.15) is 11.2 Å². The molecule has 1 nitrogen and oxygen atoms in total. The fourth-order valence-corrected chi connectivity index (χ4v) is 5.55. The van der Waals surface area contributed by atoms with Gasteiger partial charge in [-0.05, 0) is 83.8 Å². The summed E-state index contributed by atoms with van der Waals surface area (Å²) in [7, 11) is 0. The molecule has 1 heterocycles. The van der Waals surface area contributed by atoms with Gasteiger partial charge in [-0.25, -0.2) is 0 Å². The van der Waals surface area contributed by atoms with Crippen molar-refractivity contribution in [2.45, 2.75) is 0 Å². The van der Waals surface area contributed by atoms with Gasteiger partial charge in [0.2, 0.25) is 0 Å². The molecule has 200 valence electrons. The average Bonchev–Trinajstić information content (AvgIpc) is 3.70. The summed E-state index contributed by atoms with van der Waals surface area (Å²) in [5.74, 6) is 0. The predicted molar refractivity (Wildman–Crippen MR) is 183 cm³/mol. The summed E-state index contributed by atoms with van der Waals surface area (Å²) in [5, 5.41) is -3.55. The quantitative estimate of drug-likeness (QED) is 0.193. The standard InChI is InChI=1S/C42H26O/c1-2-13-27(14-3-1)30-17-6-7-18-31(30)40-32-19-8-10-21-34(32)41(35-22-11-9-20-33(35)40)36-23-12-24-38-42(36)37-25-28-15-4-5-16-29(28)26-39(37)43-38/h1-26H/i1D,2D,3D,4D,5D,8D,9D,10D,11D,12D,13D,14D,15D,16D,19D,20D,21D,22D,23D,24D,25D,26D. The maximum Gasteiger partial charge on any atom is 0.136 e. The van der Waals surface area contributed by atoms with Crippen LogP contribution in [-0.2, 0) is 0 Å². The van der Waals surface area contributed by atoms with Crippen LogP contribution in [0.2, 0.25) is 0 Å². The maximum atomic E-state index is 9.50. The van der Waals surface area contributed by atoms with E-state index in [1.807, 2.05) is 0 Å². The lowest BCUT2D eigenvalue weighted by atomic mass is 9.83. The first-order chi connectivity index (χ1) is 30.5. The minimum absolute atomic E-state index is 0.0886. The van der Waals surface area contributed by atoms with Gasteiger partial charge in [-0.1, -0.05) is 139 Å². The lowest BCUT2D eigenvalue weighted by Gasteiger charge is -2.20. The molecule has 0 bridgehead atoms. The maximum absolute atomic E-state index is 9.50. The van der Waals surface area contributed by atoms with Crippen molar-refractivity contribution >= 4 is 54.3 Å². The first-order valence-corrected chi connectivity index (χ1v) is 13.0. The number of rotatable bonds is 3. The Labute approximate surface area is 280 Å². The van der Waals surface area contributed by atoms with Crippen LogP contribution in [0.5, 0.6) is 0 Å². The average molecular weight is 569 g/mol. The van der Waals surface area contributed by atoms with E-state index >= 15 is 0 Å². The van der Waals surface area contributed by atoms with E-state index in [1.165, 1.54) is 24.3 Å². The highest BCUT2D eigenvalue weighted by atomic mass is 16.3. The highest BCUT2D eigenvalue weighted by Crippen LogP contribution is 2.48. The van der Waals surface area contributed by atoms with Gasteiger partial charge in [-0.2, -0.15) is 0 Å². The van der Waals surface area contributed by atoms with Crippen LogP contribution < -0.4 is 0 Å². The van der Waals surface area contributed by atoms with Gasteiger partial charge in [0.15, 0.2) is 0 Å². The van der Waals surface area contributed by atoms with Crippen LogP contribution in [0.1, 0.15) is 30.2 Å². The van der Waals surface area contributed by atoms with Crippen LogP contribution in [0, 0.1) is 0 Å². The van der Waals surface area contributed by atoms with Gasteiger partial charge in [0.05, 0.1) is 30.2 Å². The van der Waals surface area contributed by atoms with E-state index in [2.05, 4.69) is 0 Å². The summed E-state index contributed by atoms with van der Waals surface area (Å²) in [5.41, 5.74) is -2.93. The third-order valence-corrected chi connectivity index (χ3v) is 7.29. The number of furan rings is 1. The molecule has 1 heteroatoms. The molecular weight excluding hydrogens is 520 g/mol. The Hall–Kier alpha value is -5.66. The Bertz CT molecular complexity index is 3630. The molecular formula is C42H26O. The smallest absolute Gasteiger partial charge is 0.136 e. The van der Waals surface area contributed by atoms with Crippen molar-refractivity contribution in [1.82, 2.24) is 0 Å². The van der Waals surface area contributed by atoms with Gasteiger partial charge < -0.3 is 4.42 Å². The number of fused-ring (bicyclic) bond motifs is 6. The summed E-state index contributed by atoms with van der Waals surface area (Å²) < 4.78 is 202. The van der Waals surface area contributed by atoms with Crippen LogP contribution in [0.25, 0.3) is 87.6 Å². The van der Waals surface area contributed by atoms with E-state index in [0.717, 1.165) is 0 Å². The van der Waals surface area contributed by atoms with Crippen molar-refractivity contribution in [2.75, 3.05) is 0 Å². The van der Waals surface area contributed by atoms with Crippen molar-refractivity contribution in [1.29, 1.82) is 0 Å². The number of hydrogen-bond donors (Lipinski definition) is 0. The van der Waals surface area contributed by atoms with Gasteiger partial charge >= 0.3 is 0 Å². The zero-order valence-corrected chi connectivity index (χ0v) is 21.7. The molecule has 0 aliphatic rings. The Morgan fingerprint density at radius 1 is 0.419 bits per heavy atom. The Kier molecular flexibility index (Phi) is 2.39. The number of benzene rings is 8. The minimum Gasteiger partial charge on any atom is -0.456 e. The van der Waals surface area contributed by atoms with E-state index in [4.69, 9.17) is 26.3 Å². The van der Waals surface area contributed by atoms with Crippen LogP contribution in [0.4, 0.5) is 0 Å². The van der Waals surface area contributed by atoms with E-state index in [0.29, 0.717) is 0 Å². The van der Waals surface area contributed by atoms with Crippen molar-refractivity contribution in [3.8, 4) is 33.4 Å². The van der Waals surface area contributed by atoms with Crippen LogP contribution in [0.3, 0.4) is 0 Å². The second-order valence-corrected chi connectivity index (χ2v) is 9.56. The van der Waals surface area contributed by atoms with Gasteiger partial charge in [-0.15, -0.1) is 0 Å². The summed E-state index contributed by atoms with van der Waals surface area (Å²) >= 11 is 0. The minimum atomic E-state index is -0.853. The normalized spacial score (nSPS) is 18.9. The third kappa shape index (κ3) is 3.65. The fraction of sp³-hybridized carbons (Fsp3) is 0. The molecule has 0 saturated heterocycles. The molecule has 8 aromatic carbocycles. The van der Waals surface area contributed by atoms with E-state index in [1.54, 1.807) is 0 Å². The monoisotopic (exact) mass is 568 g/mol. The van der Waals surface area contributed by atoms with Crippen molar-refractivity contribution < 1.29 is 34.6 Å². The predicted octanol–water partition coefficient (Wildman–Crippen LogP) is 12.0. The summed E-state index contributed by atoms with van der Waals surface area (Å²) in [4.78, 5) is 0. The largest absolute Gasteiger partial charge is 0.456 e. The van der Waals surface area contributed by atoms with Crippen LogP contribution in [-0.4, -0.2) is 0 Å². The van der Waals surface area contributed by atoms with Crippen molar-refractivity contribution in [3.05, 3.63) is 157 Å². The molecule has 0 unspecified atom stereocenters. The fourth-order valence-electron chi connectivity index (χ4n) is 5.55. The van der Waals surface area contributed by atoms with Crippen molar-refractivity contribution in [2.24, 2.45) is 0 Å². The van der Waals surface area contributed by atoms with Gasteiger partial charge in [-0.3, -0.25) is 0 Å². The first kappa shape index (κ1) is 10.9. The summed E-state index contributed by atoms with van der Waals surface area (Å²) in [6, 6.07) is -10.9. The molecule has 0 saturated carbocycles. The second kappa shape index (κ2) is 9.44. The molecule has 0 atom stereocenters. The Morgan fingerprint density at radius 3 is 1.65 bits per heavy atom. The molecule has 1 aromatic heterocycles. The molecule has 9 rings (SSSR count). The Morgan fingerprint density at radius 2 is 0.977 bits per heavy atom. The third-order valence-electron chi connectivity index (χ3n) is 7.29. The molecule has 43 heavy (non-hydrogen) atoms. The molecule has 0 radical (unpaired) electrons.